The van der Waals surface area contributed by atoms with Crippen molar-refractivity contribution in [1.29, 1.82) is 0 Å². The van der Waals surface area contributed by atoms with Crippen LogP contribution in [0, 0.1) is 0 Å². The van der Waals surface area contributed by atoms with Crippen LogP contribution >= 0.6 is 0 Å². The zero-order valence-corrected chi connectivity index (χ0v) is 13.3. The number of amides is 2. The van der Waals surface area contributed by atoms with Crippen molar-refractivity contribution in [2.75, 3.05) is 40.4 Å². The van der Waals surface area contributed by atoms with Crippen molar-refractivity contribution in [1.82, 2.24) is 9.80 Å². The molecule has 6 heteroatoms. The molecular weight excluding hydrogens is 284 g/mol. The first-order valence-electron chi connectivity index (χ1n) is 7.33. The SMILES string of the molecule is COc1cc(OC)cc(C(=O)N2CCCN(C(C)=O)CC2)c1. The maximum atomic E-state index is 12.7. The van der Waals surface area contributed by atoms with Crippen molar-refractivity contribution in [3.63, 3.8) is 0 Å². The van der Waals surface area contributed by atoms with E-state index in [0.717, 1.165) is 6.42 Å². The molecule has 0 unspecified atom stereocenters. The normalized spacial score (nSPS) is 15.2. The minimum Gasteiger partial charge on any atom is -0.497 e. The second-order valence-electron chi connectivity index (χ2n) is 5.25. The summed E-state index contributed by atoms with van der Waals surface area (Å²) in [7, 11) is 3.11. The smallest absolute Gasteiger partial charge is 0.254 e. The van der Waals surface area contributed by atoms with E-state index >= 15 is 0 Å². The number of nitrogens with zero attached hydrogens (tertiary/aromatic N) is 2. The van der Waals surface area contributed by atoms with Gasteiger partial charge in [-0.1, -0.05) is 0 Å². The molecule has 0 bridgehead atoms. The lowest BCUT2D eigenvalue weighted by molar-refractivity contribution is -0.128. The summed E-state index contributed by atoms with van der Waals surface area (Å²) in [4.78, 5) is 27.7. The van der Waals surface area contributed by atoms with E-state index in [2.05, 4.69) is 0 Å². The van der Waals surface area contributed by atoms with Gasteiger partial charge < -0.3 is 19.3 Å². The average Bonchev–Trinajstić information content (AvgIpc) is 2.79. The Bertz CT molecular complexity index is 537. The van der Waals surface area contributed by atoms with Crippen molar-refractivity contribution in [2.24, 2.45) is 0 Å². The molecule has 0 spiro atoms. The maximum Gasteiger partial charge on any atom is 0.254 e. The van der Waals surface area contributed by atoms with Gasteiger partial charge in [0.25, 0.3) is 5.91 Å². The van der Waals surface area contributed by atoms with Crippen molar-refractivity contribution in [3.05, 3.63) is 23.8 Å². The number of benzene rings is 1. The largest absolute Gasteiger partial charge is 0.497 e. The van der Waals surface area contributed by atoms with Gasteiger partial charge in [-0.3, -0.25) is 9.59 Å². The molecule has 6 nitrogen and oxygen atoms in total. The Morgan fingerprint density at radius 1 is 0.909 bits per heavy atom. The quantitative estimate of drug-likeness (QED) is 0.847. The van der Waals surface area contributed by atoms with Crippen LogP contribution in [0.3, 0.4) is 0 Å². The lowest BCUT2D eigenvalue weighted by Crippen LogP contribution is -2.36. The van der Waals surface area contributed by atoms with Crippen LogP contribution < -0.4 is 9.47 Å². The summed E-state index contributed by atoms with van der Waals surface area (Å²) < 4.78 is 10.4. The zero-order chi connectivity index (χ0) is 16.1. The van der Waals surface area contributed by atoms with Crippen LogP contribution in [0.4, 0.5) is 0 Å². The minimum atomic E-state index is -0.0670. The maximum absolute atomic E-state index is 12.7. The summed E-state index contributed by atoms with van der Waals surface area (Å²) in [6, 6.07) is 5.15. The molecule has 0 atom stereocenters. The summed E-state index contributed by atoms with van der Waals surface area (Å²) in [5.74, 6) is 1.16. The summed E-state index contributed by atoms with van der Waals surface area (Å²) in [6.45, 7) is 4.01. The molecule has 120 valence electrons. The molecule has 22 heavy (non-hydrogen) atoms. The molecule has 1 aromatic rings. The number of hydrogen-bond acceptors (Lipinski definition) is 4. The Morgan fingerprint density at radius 3 is 2.00 bits per heavy atom. The lowest BCUT2D eigenvalue weighted by Gasteiger charge is -2.22. The first kappa shape index (κ1) is 16.1. The van der Waals surface area contributed by atoms with E-state index in [1.807, 2.05) is 0 Å². The highest BCUT2D eigenvalue weighted by molar-refractivity contribution is 5.95. The molecule has 0 N–H and O–H groups in total. The highest BCUT2D eigenvalue weighted by atomic mass is 16.5. The van der Waals surface area contributed by atoms with Crippen LogP contribution in [0.15, 0.2) is 18.2 Å². The van der Waals surface area contributed by atoms with E-state index in [1.165, 1.54) is 0 Å². The number of carbonyl (C=O) groups excluding carboxylic acids is 2. The number of carbonyl (C=O) groups is 2. The molecule has 0 aliphatic carbocycles. The first-order valence-corrected chi connectivity index (χ1v) is 7.33. The molecule has 1 heterocycles. The molecule has 0 radical (unpaired) electrons. The van der Waals surface area contributed by atoms with Crippen molar-refractivity contribution >= 4 is 11.8 Å². The Kier molecular flexibility index (Phi) is 5.25. The highest BCUT2D eigenvalue weighted by Crippen LogP contribution is 2.23. The second kappa shape index (κ2) is 7.15. The fraction of sp³-hybridized carbons (Fsp3) is 0.500. The number of hydrogen-bond donors (Lipinski definition) is 0. The molecule has 1 aliphatic rings. The summed E-state index contributed by atoms with van der Waals surface area (Å²) in [6.07, 6.45) is 0.784. The van der Waals surface area contributed by atoms with E-state index < -0.39 is 0 Å². The monoisotopic (exact) mass is 306 g/mol. The van der Waals surface area contributed by atoms with Crippen LogP contribution in [0.5, 0.6) is 11.5 Å². The van der Waals surface area contributed by atoms with Crippen molar-refractivity contribution in [3.8, 4) is 11.5 Å². The van der Waals surface area contributed by atoms with Crippen LogP contribution in [0.25, 0.3) is 0 Å². The lowest BCUT2D eigenvalue weighted by atomic mass is 10.1. The van der Waals surface area contributed by atoms with Crippen LogP contribution in [-0.2, 0) is 4.79 Å². The van der Waals surface area contributed by atoms with Gasteiger partial charge in [0.05, 0.1) is 14.2 Å². The Labute approximate surface area is 130 Å². The third-order valence-corrected chi connectivity index (χ3v) is 3.83. The van der Waals surface area contributed by atoms with Gasteiger partial charge in [0, 0.05) is 44.7 Å². The molecule has 1 aromatic carbocycles. The number of ether oxygens (including phenoxy) is 2. The van der Waals surface area contributed by atoms with E-state index in [-0.39, 0.29) is 11.8 Å². The summed E-state index contributed by atoms with van der Waals surface area (Å²) in [5, 5.41) is 0. The summed E-state index contributed by atoms with van der Waals surface area (Å²) >= 11 is 0. The van der Waals surface area contributed by atoms with Crippen LogP contribution in [-0.4, -0.2) is 62.0 Å². The van der Waals surface area contributed by atoms with E-state index in [0.29, 0.717) is 43.2 Å². The molecule has 1 saturated heterocycles. The minimum absolute atomic E-state index is 0.0531. The molecule has 1 aliphatic heterocycles. The predicted octanol–water partition coefficient (Wildman–Crippen LogP) is 1.40. The third kappa shape index (κ3) is 3.69. The zero-order valence-electron chi connectivity index (χ0n) is 13.3. The fourth-order valence-electron chi connectivity index (χ4n) is 2.55. The molecule has 0 aromatic heterocycles. The van der Waals surface area contributed by atoms with Crippen molar-refractivity contribution in [2.45, 2.75) is 13.3 Å². The first-order chi connectivity index (χ1) is 10.5. The van der Waals surface area contributed by atoms with E-state index in [4.69, 9.17) is 9.47 Å². The molecule has 2 rings (SSSR count). The van der Waals surface area contributed by atoms with Gasteiger partial charge in [-0.2, -0.15) is 0 Å². The van der Waals surface area contributed by atoms with Gasteiger partial charge in [0.2, 0.25) is 5.91 Å². The Hall–Kier alpha value is -2.24. The number of methoxy groups -OCH3 is 2. The van der Waals surface area contributed by atoms with E-state index in [1.54, 1.807) is 49.1 Å². The van der Waals surface area contributed by atoms with E-state index in [9.17, 15) is 9.59 Å². The van der Waals surface area contributed by atoms with Gasteiger partial charge >= 0.3 is 0 Å². The number of rotatable bonds is 3. The Morgan fingerprint density at radius 2 is 1.45 bits per heavy atom. The van der Waals surface area contributed by atoms with Gasteiger partial charge in [0.15, 0.2) is 0 Å². The molecule has 0 saturated carbocycles. The van der Waals surface area contributed by atoms with Gasteiger partial charge in [-0.25, -0.2) is 0 Å². The summed E-state index contributed by atoms with van der Waals surface area (Å²) in [5.41, 5.74) is 0.535. The topological polar surface area (TPSA) is 59.1 Å². The van der Waals surface area contributed by atoms with Gasteiger partial charge in [-0.05, 0) is 18.6 Å². The molecular formula is C16H22N2O4. The molecule has 1 fully saturated rings. The van der Waals surface area contributed by atoms with Gasteiger partial charge in [0.1, 0.15) is 11.5 Å². The second-order valence-corrected chi connectivity index (χ2v) is 5.25. The highest BCUT2D eigenvalue weighted by Gasteiger charge is 2.22. The van der Waals surface area contributed by atoms with Gasteiger partial charge in [-0.15, -0.1) is 0 Å². The molecule has 2 amide bonds. The van der Waals surface area contributed by atoms with Crippen LogP contribution in [0.1, 0.15) is 23.7 Å². The standard InChI is InChI=1S/C16H22N2O4/c1-12(19)17-5-4-6-18(8-7-17)16(20)13-9-14(21-2)11-15(10-13)22-3/h9-11H,4-8H2,1-3H3. The Balaban J connectivity index is 2.15. The average molecular weight is 306 g/mol. The fourth-order valence-corrected chi connectivity index (χ4v) is 2.55. The third-order valence-electron chi connectivity index (χ3n) is 3.83. The van der Waals surface area contributed by atoms with Crippen LogP contribution in [0.2, 0.25) is 0 Å². The van der Waals surface area contributed by atoms with Crippen molar-refractivity contribution < 1.29 is 19.1 Å². The predicted molar refractivity (Wildman–Crippen MR) is 82.3 cm³/mol.